The number of hydrogen-bond donors (Lipinski definition) is 1. The number of hydrogen-bond acceptors (Lipinski definition) is 5. The van der Waals surface area contributed by atoms with E-state index >= 15 is 0 Å². The van der Waals surface area contributed by atoms with E-state index < -0.39 is 23.8 Å². The third-order valence-corrected chi connectivity index (χ3v) is 5.00. The molecule has 4 aromatic carbocycles. The van der Waals surface area contributed by atoms with Crippen LogP contribution in [0.15, 0.2) is 96.1 Å². The van der Waals surface area contributed by atoms with Crippen molar-refractivity contribution in [2.45, 2.75) is 13.0 Å². The van der Waals surface area contributed by atoms with Gasteiger partial charge in [0.2, 0.25) is 0 Å². The Balaban J connectivity index is 1.31. The highest BCUT2D eigenvalue weighted by atomic mass is 19.1. The van der Waals surface area contributed by atoms with E-state index in [1.54, 1.807) is 37.3 Å². The van der Waals surface area contributed by atoms with Crippen LogP contribution >= 0.6 is 0 Å². The Morgan fingerprint density at radius 2 is 1.62 bits per heavy atom. The number of carbonyl (C=O) groups excluding carboxylic acids is 2. The van der Waals surface area contributed by atoms with Crippen LogP contribution < -0.4 is 14.9 Å². The Bertz CT molecular complexity index is 1350. The number of nitrogens with zero attached hydrogens (tertiary/aromatic N) is 1. The fourth-order valence-electron chi connectivity index (χ4n) is 3.21. The molecule has 0 aliphatic heterocycles. The van der Waals surface area contributed by atoms with E-state index in [1.165, 1.54) is 24.4 Å². The molecule has 7 heteroatoms. The van der Waals surface area contributed by atoms with Crippen molar-refractivity contribution in [1.29, 1.82) is 0 Å². The third kappa shape index (κ3) is 5.45. The third-order valence-electron chi connectivity index (χ3n) is 5.00. The van der Waals surface area contributed by atoms with E-state index in [-0.39, 0.29) is 11.3 Å². The summed E-state index contributed by atoms with van der Waals surface area (Å²) in [6.45, 7) is 1.64. The van der Waals surface area contributed by atoms with Gasteiger partial charge in [0.1, 0.15) is 17.3 Å². The first-order valence-electron chi connectivity index (χ1n) is 10.6. The molecule has 0 aromatic heterocycles. The van der Waals surface area contributed by atoms with Crippen molar-refractivity contribution < 1.29 is 23.5 Å². The monoisotopic (exact) mass is 456 g/mol. The minimum Gasteiger partial charge on any atom is -0.480 e. The summed E-state index contributed by atoms with van der Waals surface area (Å²) in [5.74, 6) is -0.964. The number of rotatable bonds is 7. The lowest BCUT2D eigenvalue weighted by Gasteiger charge is -2.14. The highest BCUT2D eigenvalue weighted by Gasteiger charge is 2.15. The molecule has 0 heterocycles. The number of nitrogens with one attached hydrogen (secondary N) is 1. The molecule has 0 spiro atoms. The molecule has 0 aliphatic carbocycles. The molecule has 0 fully saturated rings. The van der Waals surface area contributed by atoms with E-state index in [2.05, 4.69) is 10.5 Å². The van der Waals surface area contributed by atoms with Gasteiger partial charge in [-0.25, -0.2) is 14.6 Å². The van der Waals surface area contributed by atoms with Gasteiger partial charge in [-0.3, -0.25) is 4.79 Å². The number of carbonyl (C=O) groups is 2. The van der Waals surface area contributed by atoms with Crippen molar-refractivity contribution in [3.63, 3.8) is 0 Å². The van der Waals surface area contributed by atoms with Gasteiger partial charge in [0, 0.05) is 5.39 Å². The molecular formula is C27H21FN2O4. The summed E-state index contributed by atoms with van der Waals surface area (Å²) < 4.78 is 24.7. The molecule has 34 heavy (non-hydrogen) atoms. The molecule has 1 atom stereocenters. The number of amides is 1. The van der Waals surface area contributed by atoms with Crippen LogP contribution in [0.5, 0.6) is 11.5 Å². The zero-order chi connectivity index (χ0) is 23.9. The number of hydrazone groups is 1. The summed E-state index contributed by atoms with van der Waals surface area (Å²) in [7, 11) is 0. The van der Waals surface area contributed by atoms with E-state index in [4.69, 9.17) is 9.47 Å². The summed E-state index contributed by atoms with van der Waals surface area (Å²) in [6.07, 6.45) is 0.688. The highest BCUT2D eigenvalue weighted by Crippen LogP contribution is 2.26. The molecular weight excluding hydrogens is 435 g/mol. The van der Waals surface area contributed by atoms with E-state index in [0.717, 1.165) is 10.8 Å². The predicted octanol–water partition coefficient (Wildman–Crippen LogP) is 5.12. The number of esters is 1. The topological polar surface area (TPSA) is 77.0 Å². The van der Waals surface area contributed by atoms with Crippen LogP contribution in [-0.4, -0.2) is 24.2 Å². The second-order valence-corrected chi connectivity index (χ2v) is 7.41. The molecule has 4 aromatic rings. The molecule has 1 amide bonds. The highest BCUT2D eigenvalue weighted by molar-refractivity contribution is 5.91. The molecule has 1 N–H and O–H groups in total. The average Bonchev–Trinajstić information content (AvgIpc) is 2.85. The van der Waals surface area contributed by atoms with Gasteiger partial charge in [-0.15, -0.1) is 0 Å². The van der Waals surface area contributed by atoms with Crippen LogP contribution in [0.1, 0.15) is 22.8 Å². The molecule has 0 saturated heterocycles. The van der Waals surface area contributed by atoms with Crippen molar-refractivity contribution in [1.82, 2.24) is 5.43 Å². The maximum atomic E-state index is 13.7. The summed E-state index contributed by atoms with van der Waals surface area (Å²) in [4.78, 5) is 24.5. The first-order valence-corrected chi connectivity index (χ1v) is 10.6. The predicted molar refractivity (Wildman–Crippen MR) is 128 cm³/mol. The van der Waals surface area contributed by atoms with Gasteiger partial charge in [0.15, 0.2) is 6.10 Å². The summed E-state index contributed by atoms with van der Waals surface area (Å²) in [5.41, 5.74) is 2.97. The van der Waals surface area contributed by atoms with Gasteiger partial charge < -0.3 is 9.47 Å². The van der Waals surface area contributed by atoms with Crippen LogP contribution in [-0.2, 0) is 4.79 Å². The van der Waals surface area contributed by atoms with Gasteiger partial charge in [-0.1, -0.05) is 48.5 Å². The summed E-state index contributed by atoms with van der Waals surface area (Å²) >= 11 is 0. The molecule has 0 saturated carbocycles. The lowest BCUT2D eigenvalue weighted by atomic mass is 10.1. The minimum atomic E-state index is -0.785. The van der Waals surface area contributed by atoms with Gasteiger partial charge in [0.25, 0.3) is 5.91 Å². The van der Waals surface area contributed by atoms with Gasteiger partial charge in [-0.05, 0) is 60.3 Å². The van der Waals surface area contributed by atoms with Crippen LogP contribution in [0.25, 0.3) is 10.8 Å². The Morgan fingerprint density at radius 1 is 0.912 bits per heavy atom. The van der Waals surface area contributed by atoms with Crippen LogP contribution in [0.4, 0.5) is 4.39 Å². The maximum absolute atomic E-state index is 13.7. The molecule has 170 valence electrons. The van der Waals surface area contributed by atoms with Crippen molar-refractivity contribution in [3.05, 3.63) is 108 Å². The molecule has 4 rings (SSSR count). The fraction of sp³-hybridized carbons (Fsp3) is 0.0741. The SMILES string of the molecule is C[C@H](Oc1cccc2ccccc12)C(=O)N/N=C\c1ccc(OC(=O)c2ccccc2F)cc1. The quantitative estimate of drug-likeness (QED) is 0.181. The normalized spacial score (nSPS) is 11.8. The van der Waals surface area contributed by atoms with E-state index in [1.807, 2.05) is 42.5 Å². The number of halogens is 1. The maximum Gasteiger partial charge on any atom is 0.346 e. The van der Waals surface area contributed by atoms with Crippen molar-refractivity contribution in [2.75, 3.05) is 0 Å². The zero-order valence-corrected chi connectivity index (χ0v) is 18.3. The van der Waals surface area contributed by atoms with Crippen LogP contribution in [0.2, 0.25) is 0 Å². The fourth-order valence-corrected chi connectivity index (χ4v) is 3.21. The average molecular weight is 456 g/mol. The molecule has 0 unspecified atom stereocenters. The summed E-state index contributed by atoms with van der Waals surface area (Å²) in [6, 6.07) is 25.4. The number of benzene rings is 4. The first-order chi connectivity index (χ1) is 16.5. The van der Waals surface area contributed by atoms with Crippen molar-refractivity contribution in [2.24, 2.45) is 5.10 Å². The van der Waals surface area contributed by atoms with Crippen molar-refractivity contribution >= 4 is 28.9 Å². The van der Waals surface area contributed by atoms with Gasteiger partial charge in [-0.2, -0.15) is 5.10 Å². The number of ether oxygens (including phenoxy) is 2. The first kappa shape index (κ1) is 22.7. The van der Waals surface area contributed by atoms with Gasteiger partial charge >= 0.3 is 5.97 Å². The van der Waals surface area contributed by atoms with E-state index in [0.29, 0.717) is 11.3 Å². The van der Waals surface area contributed by atoms with Gasteiger partial charge in [0.05, 0.1) is 11.8 Å². The molecule has 0 aliphatic rings. The minimum absolute atomic E-state index is 0.143. The smallest absolute Gasteiger partial charge is 0.346 e. The Labute approximate surface area is 195 Å². The zero-order valence-electron chi connectivity index (χ0n) is 18.3. The molecule has 0 bridgehead atoms. The standard InChI is InChI=1S/C27H21FN2O4/c1-18(33-25-12-6-8-20-7-2-3-9-22(20)25)26(31)30-29-17-19-13-15-21(16-14-19)34-27(32)23-10-4-5-11-24(23)28/h2-18H,1H3,(H,30,31)/b29-17-/t18-/m0/s1. The lowest BCUT2D eigenvalue weighted by molar-refractivity contribution is -0.127. The summed E-state index contributed by atoms with van der Waals surface area (Å²) in [5, 5.41) is 5.90. The molecule has 0 radical (unpaired) electrons. The van der Waals surface area contributed by atoms with Crippen molar-refractivity contribution in [3.8, 4) is 11.5 Å². The Hall–Kier alpha value is -4.52. The van der Waals surface area contributed by atoms with E-state index in [9.17, 15) is 14.0 Å². The lowest BCUT2D eigenvalue weighted by Crippen LogP contribution is -2.33. The second kappa shape index (κ2) is 10.4. The largest absolute Gasteiger partial charge is 0.480 e. The Morgan fingerprint density at radius 3 is 2.41 bits per heavy atom. The Kier molecular flexibility index (Phi) is 6.93. The molecule has 6 nitrogen and oxygen atoms in total. The second-order valence-electron chi connectivity index (χ2n) is 7.41. The van der Waals surface area contributed by atoms with Crippen LogP contribution in [0, 0.1) is 5.82 Å². The van der Waals surface area contributed by atoms with Crippen LogP contribution in [0.3, 0.4) is 0 Å². The number of fused-ring (bicyclic) bond motifs is 1.